The van der Waals surface area contributed by atoms with Crippen molar-refractivity contribution in [3.8, 4) is 17.0 Å². The molecule has 0 spiro atoms. The van der Waals surface area contributed by atoms with E-state index in [-0.39, 0.29) is 0 Å². The Labute approximate surface area is 173 Å². The van der Waals surface area contributed by atoms with Gasteiger partial charge in [-0.05, 0) is 47.3 Å². The van der Waals surface area contributed by atoms with Crippen LogP contribution in [0.4, 0.5) is 11.6 Å². The largest absolute Gasteiger partial charge is 0.497 e. The lowest BCUT2D eigenvalue weighted by Gasteiger charge is -2.12. The number of ether oxygens (including phenoxy) is 1. The standard InChI is InChI=1S/C22H20ClN5O/c1-24-22-19(21-18-11-16(23)6-5-15(18)9-10-25-21)12-20(27-28-22)26-13-14-3-7-17(29-2)8-4-14/h3-12H,13H2,1-2H3,(H,24,28)(H,26,27). The second kappa shape index (κ2) is 8.32. The summed E-state index contributed by atoms with van der Waals surface area (Å²) in [5, 5.41) is 17.7. The highest BCUT2D eigenvalue weighted by molar-refractivity contribution is 6.31. The van der Waals surface area contributed by atoms with Gasteiger partial charge in [0.15, 0.2) is 5.82 Å². The smallest absolute Gasteiger partial charge is 0.158 e. The molecule has 0 saturated heterocycles. The number of nitrogens with zero attached hydrogens (tertiary/aromatic N) is 3. The number of benzene rings is 2. The highest BCUT2D eigenvalue weighted by atomic mass is 35.5. The first-order valence-corrected chi connectivity index (χ1v) is 9.52. The van der Waals surface area contributed by atoms with Gasteiger partial charge in [-0.3, -0.25) is 4.98 Å². The molecule has 0 unspecified atom stereocenters. The van der Waals surface area contributed by atoms with Gasteiger partial charge < -0.3 is 15.4 Å². The topological polar surface area (TPSA) is 72.0 Å². The Balaban J connectivity index is 1.68. The van der Waals surface area contributed by atoms with Gasteiger partial charge in [0.1, 0.15) is 11.6 Å². The molecule has 0 aliphatic rings. The number of fused-ring (bicyclic) bond motifs is 1. The zero-order valence-corrected chi connectivity index (χ0v) is 16.9. The number of anilines is 2. The van der Waals surface area contributed by atoms with Crippen LogP contribution in [0.3, 0.4) is 0 Å². The molecule has 0 aliphatic heterocycles. The van der Waals surface area contributed by atoms with Crippen molar-refractivity contribution in [1.29, 1.82) is 0 Å². The number of hydrogen-bond acceptors (Lipinski definition) is 6. The van der Waals surface area contributed by atoms with Gasteiger partial charge in [-0.25, -0.2) is 0 Å². The lowest BCUT2D eigenvalue weighted by atomic mass is 10.0. The van der Waals surface area contributed by atoms with Crippen LogP contribution < -0.4 is 15.4 Å². The third kappa shape index (κ3) is 4.07. The van der Waals surface area contributed by atoms with Crippen molar-refractivity contribution in [3.05, 3.63) is 71.4 Å². The first kappa shape index (κ1) is 19.0. The maximum Gasteiger partial charge on any atom is 0.158 e. The second-order valence-corrected chi connectivity index (χ2v) is 6.90. The van der Waals surface area contributed by atoms with E-state index in [1.165, 1.54) is 0 Å². The number of rotatable bonds is 6. The Hall–Kier alpha value is -3.38. The summed E-state index contributed by atoms with van der Waals surface area (Å²) < 4.78 is 5.20. The molecule has 4 rings (SSSR count). The molecule has 2 aromatic carbocycles. The molecule has 6 nitrogen and oxygen atoms in total. The van der Waals surface area contributed by atoms with Gasteiger partial charge in [-0.2, -0.15) is 0 Å². The van der Waals surface area contributed by atoms with Crippen molar-refractivity contribution >= 4 is 34.0 Å². The predicted molar refractivity (Wildman–Crippen MR) is 118 cm³/mol. The molecule has 0 fully saturated rings. The maximum atomic E-state index is 6.23. The highest BCUT2D eigenvalue weighted by Crippen LogP contribution is 2.33. The Morgan fingerprint density at radius 2 is 1.83 bits per heavy atom. The van der Waals surface area contributed by atoms with Gasteiger partial charge in [0.2, 0.25) is 0 Å². The molecule has 0 saturated carbocycles. The fourth-order valence-electron chi connectivity index (χ4n) is 3.13. The van der Waals surface area contributed by atoms with Crippen LogP contribution in [0.15, 0.2) is 60.8 Å². The van der Waals surface area contributed by atoms with E-state index in [4.69, 9.17) is 16.3 Å². The van der Waals surface area contributed by atoms with Crippen LogP contribution in [0.25, 0.3) is 22.0 Å². The number of hydrogen-bond donors (Lipinski definition) is 2. The van der Waals surface area contributed by atoms with Gasteiger partial charge in [-0.15, -0.1) is 10.2 Å². The molecule has 4 aromatic rings. The average molecular weight is 406 g/mol. The van der Waals surface area contributed by atoms with Gasteiger partial charge in [0.05, 0.1) is 12.8 Å². The zero-order valence-electron chi connectivity index (χ0n) is 16.1. The average Bonchev–Trinajstić information content (AvgIpc) is 2.77. The summed E-state index contributed by atoms with van der Waals surface area (Å²) in [6, 6.07) is 17.6. The van der Waals surface area contributed by atoms with Crippen LogP contribution in [-0.2, 0) is 6.54 Å². The van der Waals surface area contributed by atoms with E-state index in [0.29, 0.717) is 23.2 Å². The predicted octanol–water partition coefficient (Wildman–Crippen LogP) is 5.01. The molecule has 2 aromatic heterocycles. The number of nitrogens with one attached hydrogen (secondary N) is 2. The minimum absolute atomic E-state index is 0.617. The minimum Gasteiger partial charge on any atom is -0.497 e. The van der Waals surface area contributed by atoms with Crippen LogP contribution >= 0.6 is 11.6 Å². The van der Waals surface area contributed by atoms with Gasteiger partial charge in [0.25, 0.3) is 0 Å². The van der Waals surface area contributed by atoms with E-state index in [2.05, 4.69) is 25.8 Å². The second-order valence-electron chi connectivity index (χ2n) is 6.47. The van der Waals surface area contributed by atoms with Crippen LogP contribution in [0.2, 0.25) is 5.02 Å². The summed E-state index contributed by atoms with van der Waals surface area (Å²) in [5.41, 5.74) is 2.77. The molecule has 7 heteroatoms. The molecular formula is C22H20ClN5O. The molecule has 146 valence electrons. The van der Waals surface area contributed by atoms with Crippen molar-refractivity contribution < 1.29 is 4.74 Å². The van der Waals surface area contributed by atoms with Gasteiger partial charge in [-0.1, -0.05) is 29.8 Å². The molecular weight excluding hydrogens is 386 g/mol. The number of pyridine rings is 1. The van der Waals surface area contributed by atoms with Crippen molar-refractivity contribution in [3.63, 3.8) is 0 Å². The molecule has 0 aliphatic carbocycles. The Kier molecular flexibility index (Phi) is 5.44. The molecule has 2 heterocycles. The van der Waals surface area contributed by atoms with E-state index in [0.717, 1.165) is 33.3 Å². The first-order valence-electron chi connectivity index (χ1n) is 9.15. The van der Waals surface area contributed by atoms with E-state index < -0.39 is 0 Å². The third-order valence-corrected chi connectivity index (χ3v) is 4.88. The summed E-state index contributed by atoms with van der Waals surface area (Å²) in [7, 11) is 3.47. The normalized spacial score (nSPS) is 10.7. The molecule has 0 amide bonds. The molecule has 0 atom stereocenters. The summed E-state index contributed by atoms with van der Waals surface area (Å²) in [6.45, 7) is 0.617. The summed E-state index contributed by atoms with van der Waals surface area (Å²) in [6.07, 6.45) is 1.79. The minimum atomic E-state index is 0.617. The number of aromatic nitrogens is 3. The fraction of sp³-hybridized carbons (Fsp3) is 0.136. The first-order chi connectivity index (χ1) is 14.2. The summed E-state index contributed by atoms with van der Waals surface area (Å²) >= 11 is 6.23. The molecule has 29 heavy (non-hydrogen) atoms. The lowest BCUT2D eigenvalue weighted by Crippen LogP contribution is -2.05. The molecule has 2 N–H and O–H groups in total. The third-order valence-electron chi connectivity index (χ3n) is 4.65. The van der Waals surface area contributed by atoms with E-state index in [1.54, 1.807) is 13.3 Å². The van der Waals surface area contributed by atoms with Crippen LogP contribution in [0, 0.1) is 0 Å². The highest BCUT2D eigenvalue weighted by Gasteiger charge is 2.13. The lowest BCUT2D eigenvalue weighted by molar-refractivity contribution is 0.414. The Morgan fingerprint density at radius 3 is 2.59 bits per heavy atom. The SMILES string of the molecule is CNc1nnc(NCc2ccc(OC)cc2)cc1-c1nccc2ccc(Cl)cc12. The zero-order chi connectivity index (χ0) is 20.2. The summed E-state index contributed by atoms with van der Waals surface area (Å²) in [5.74, 6) is 2.14. The van der Waals surface area contributed by atoms with Crippen molar-refractivity contribution in [2.45, 2.75) is 6.54 Å². The van der Waals surface area contributed by atoms with Gasteiger partial charge in [0, 0.05) is 35.8 Å². The van der Waals surface area contributed by atoms with Crippen LogP contribution in [0.5, 0.6) is 5.75 Å². The number of halogens is 1. The quantitative estimate of drug-likeness (QED) is 0.470. The van der Waals surface area contributed by atoms with Crippen LogP contribution in [-0.4, -0.2) is 29.3 Å². The van der Waals surface area contributed by atoms with Crippen molar-refractivity contribution in [2.24, 2.45) is 0 Å². The summed E-state index contributed by atoms with van der Waals surface area (Å²) in [4.78, 5) is 4.60. The number of methoxy groups -OCH3 is 1. The van der Waals surface area contributed by atoms with Crippen molar-refractivity contribution in [1.82, 2.24) is 15.2 Å². The van der Waals surface area contributed by atoms with E-state index in [1.807, 2.05) is 61.6 Å². The van der Waals surface area contributed by atoms with Gasteiger partial charge >= 0.3 is 0 Å². The van der Waals surface area contributed by atoms with Crippen molar-refractivity contribution in [2.75, 3.05) is 24.8 Å². The van der Waals surface area contributed by atoms with Crippen LogP contribution in [0.1, 0.15) is 5.56 Å². The Bertz CT molecular complexity index is 1150. The monoisotopic (exact) mass is 405 g/mol. The maximum absolute atomic E-state index is 6.23. The van der Waals surface area contributed by atoms with E-state index in [9.17, 15) is 0 Å². The molecule has 0 radical (unpaired) electrons. The fourth-order valence-corrected chi connectivity index (χ4v) is 3.31. The molecule has 0 bridgehead atoms. The van der Waals surface area contributed by atoms with E-state index >= 15 is 0 Å². The Morgan fingerprint density at radius 1 is 1.00 bits per heavy atom.